The molecule has 0 amide bonds. The normalized spacial score (nSPS) is 12.5. The molecular weight excluding hydrogens is 293 g/mol. The van der Waals surface area contributed by atoms with E-state index in [1.807, 2.05) is 0 Å². The summed E-state index contributed by atoms with van der Waals surface area (Å²) >= 11 is 0. The van der Waals surface area contributed by atoms with E-state index in [9.17, 15) is 36.4 Å². The molecule has 0 aliphatic heterocycles. The van der Waals surface area contributed by atoms with Crippen LogP contribution in [0.3, 0.4) is 0 Å². The number of rotatable bonds is 2. The molecule has 1 rings (SSSR count). The monoisotopic (exact) mass is 300 g/mol. The topological polar surface area (TPSA) is 55.3 Å². The van der Waals surface area contributed by atoms with Crippen LogP contribution in [0.4, 0.5) is 26.3 Å². The Hall–Kier alpha value is -1.42. The molecule has 3 nitrogen and oxygen atoms in total. The van der Waals surface area contributed by atoms with Crippen LogP contribution in [0.15, 0.2) is 6.07 Å². The molecule has 0 spiro atoms. The molecule has 112 valence electrons. The van der Waals surface area contributed by atoms with Gasteiger partial charge in [0.1, 0.15) is 13.1 Å². The first kappa shape index (κ1) is 16.6. The minimum absolute atomic E-state index is 0.0673. The molecule has 10 heteroatoms. The van der Waals surface area contributed by atoms with Crippen molar-refractivity contribution in [2.45, 2.75) is 26.2 Å². The van der Waals surface area contributed by atoms with Gasteiger partial charge in [0.25, 0.3) is 0 Å². The van der Waals surface area contributed by atoms with E-state index in [0.717, 1.165) is 13.8 Å². The van der Waals surface area contributed by atoms with Crippen LogP contribution in [-0.2, 0) is 12.4 Å². The van der Waals surface area contributed by atoms with Gasteiger partial charge < -0.3 is 14.7 Å². The van der Waals surface area contributed by atoms with Gasteiger partial charge >= 0.3 is 12.4 Å². The largest absolute Gasteiger partial charge is 0.860 e. The fourth-order valence-electron chi connectivity index (χ4n) is 1.75. The summed E-state index contributed by atoms with van der Waals surface area (Å²) in [6, 6.07) is -0.0673. The zero-order valence-corrected chi connectivity index (χ0v) is 10.1. The molecule has 0 unspecified atom stereocenters. The van der Waals surface area contributed by atoms with Crippen molar-refractivity contribution in [1.82, 2.24) is 0 Å². The molecule has 0 radical (unpaired) electrons. The molecule has 0 fully saturated rings. The van der Waals surface area contributed by atoms with Crippen molar-refractivity contribution in [3.8, 4) is 5.75 Å². The minimum atomic E-state index is -5.07. The summed E-state index contributed by atoms with van der Waals surface area (Å²) in [5, 5.41) is 20.8. The lowest BCUT2D eigenvalue weighted by Gasteiger charge is -2.31. The van der Waals surface area contributed by atoms with E-state index in [1.54, 1.807) is 0 Å². The third-order valence-electron chi connectivity index (χ3n) is 2.60. The van der Waals surface area contributed by atoms with Gasteiger partial charge in [-0.3, -0.25) is 0 Å². The van der Waals surface area contributed by atoms with E-state index in [-0.39, 0.29) is 6.07 Å². The second kappa shape index (κ2) is 5.17. The Bertz CT molecular complexity index is 471. The Morgan fingerprint density at radius 1 is 0.900 bits per heavy atom. The first-order valence-corrected chi connectivity index (χ1v) is 5.12. The number of hydrogen-bond acceptors (Lipinski definition) is 3. The van der Waals surface area contributed by atoms with Gasteiger partial charge in [-0.1, -0.05) is 0 Å². The fourth-order valence-corrected chi connectivity index (χ4v) is 1.75. The Balaban J connectivity index is 3.66. The lowest BCUT2D eigenvalue weighted by molar-refractivity contribution is -0.372. The summed E-state index contributed by atoms with van der Waals surface area (Å²) in [6.45, 7) is 1.65. The van der Waals surface area contributed by atoms with E-state index in [0.29, 0.717) is 0 Å². The van der Waals surface area contributed by atoms with Crippen LogP contribution in [0, 0.1) is 13.8 Å². The maximum absolute atomic E-state index is 12.7. The summed E-state index contributed by atoms with van der Waals surface area (Å²) in [5.41, 5.74) is -4.68. The van der Waals surface area contributed by atoms with Crippen molar-refractivity contribution in [2.75, 3.05) is 0 Å². The molecule has 1 aromatic carbocycles. The van der Waals surface area contributed by atoms with E-state index < -0.39 is 47.7 Å². The SMILES string of the molecule is Cc1c(C(F)(F)F)cc(C(F)(F)F)c(C)c1OB([O-])[O-]. The summed E-state index contributed by atoms with van der Waals surface area (Å²) in [5.74, 6) is -0.984. The second-order valence-electron chi connectivity index (χ2n) is 3.95. The molecule has 0 aliphatic rings. The van der Waals surface area contributed by atoms with Gasteiger partial charge in [0, 0.05) is 11.1 Å². The Morgan fingerprint density at radius 3 is 1.50 bits per heavy atom. The highest BCUT2D eigenvalue weighted by molar-refractivity contribution is 6.29. The van der Waals surface area contributed by atoms with Crippen LogP contribution in [-0.4, -0.2) is 7.32 Å². The highest BCUT2D eigenvalue weighted by atomic mass is 19.4. The molecule has 0 N–H and O–H groups in total. The summed E-state index contributed by atoms with van der Waals surface area (Å²) in [4.78, 5) is 0. The van der Waals surface area contributed by atoms with Crippen LogP contribution >= 0.6 is 0 Å². The number of benzene rings is 1. The average molecular weight is 300 g/mol. The number of alkyl halides is 6. The molecule has 0 bridgehead atoms. The van der Waals surface area contributed by atoms with Gasteiger partial charge in [0.2, 0.25) is 0 Å². The Morgan fingerprint density at radius 2 is 1.25 bits per heavy atom. The van der Waals surface area contributed by atoms with Gasteiger partial charge in [0.05, 0.1) is 11.1 Å². The van der Waals surface area contributed by atoms with Gasteiger partial charge in [-0.25, -0.2) is 0 Å². The summed E-state index contributed by atoms with van der Waals surface area (Å²) in [6.07, 6.45) is -10.1. The maximum atomic E-state index is 12.7. The van der Waals surface area contributed by atoms with Gasteiger partial charge in [0.15, 0.2) is 0 Å². The predicted molar refractivity (Wildman–Crippen MR) is 52.3 cm³/mol. The van der Waals surface area contributed by atoms with Gasteiger partial charge in [-0.15, -0.1) is 0 Å². The second-order valence-corrected chi connectivity index (χ2v) is 3.95. The van der Waals surface area contributed by atoms with E-state index in [4.69, 9.17) is 0 Å². The van der Waals surface area contributed by atoms with Crippen LogP contribution in [0.5, 0.6) is 5.75 Å². The van der Waals surface area contributed by atoms with Crippen molar-refractivity contribution in [3.63, 3.8) is 0 Å². The predicted octanol–water partition coefficient (Wildman–Crippen LogP) is 1.43. The van der Waals surface area contributed by atoms with Crippen LogP contribution in [0.1, 0.15) is 22.3 Å². The van der Waals surface area contributed by atoms with Crippen molar-refractivity contribution in [2.24, 2.45) is 0 Å². The van der Waals surface area contributed by atoms with Gasteiger partial charge in [-0.05, 0) is 19.9 Å². The first-order chi connectivity index (χ1) is 8.85. The number of hydrogen-bond donors (Lipinski definition) is 0. The Labute approximate surface area is 110 Å². The number of halogens is 6. The minimum Gasteiger partial charge on any atom is -0.860 e. The Kier molecular flexibility index (Phi) is 4.30. The molecular formula is C10H7BF6O3-2. The summed E-state index contributed by atoms with van der Waals surface area (Å²) < 4.78 is 80.2. The van der Waals surface area contributed by atoms with Crippen molar-refractivity contribution < 1.29 is 41.0 Å². The smallest absolute Gasteiger partial charge is 0.416 e. The first-order valence-electron chi connectivity index (χ1n) is 5.12. The molecule has 0 saturated carbocycles. The van der Waals surface area contributed by atoms with E-state index in [2.05, 4.69) is 4.65 Å². The zero-order valence-electron chi connectivity index (χ0n) is 10.1. The van der Waals surface area contributed by atoms with E-state index in [1.165, 1.54) is 0 Å². The van der Waals surface area contributed by atoms with Crippen molar-refractivity contribution >= 4 is 7.32 Å². The lowest BCUT2D eigenvalue weighted by atomic mass is 9.96. The molecule has 0 heterocycles. The van der Waals surface area contributed by atoms with E-state index >= 15 is 0 Å². The van der Waals surface area contributed by atoms with Crippen LogP contribution in [0.2, 0.25) is 0 Å². The van der Waals surface area contributed by atoms with Crippen molar-refractivity contribution in [1.29, 1.82) is 0 Å². The molecule has 0 aromatic heterocycles. The fraction of sp³-hybridized carbons (Fsp3) is 0.400. The molecule has 0 saturated heterocycles. The lowest BCUT2D eigenvalue weighted by Crippen LogP contribution is -2.50. The quantitative estimate of drug-likeness (QED) is 0.613. The standard InChI is InChI=1S/C10H7BF6O3/c1-4-6(9(12,13)14)3-7(10(15,16)17)5(2)8(4)20-11(18)19/h3H,1-2H3/q-2. The zero-order chi connectivity index (χ0) is 15.9. The maximum Gasteiger partial charge on any atom is 0.416 e. The molecule has 0 aliphatic carbocycles. The van der Waals surface area contributed by atoms with Crippen molar-refractivity contribution in [3.05, 3.63) is 28.3 Å². The molecule has 20 heavy (non-hydrogen) atoms. The van der Waals surface area contributed by atoms with Crippen LogP contribution < -0.4 is 14.7 Å². The van der Waals surface area contributed by atoms with Crippen LogP contribution in [0.25, 0.3) is 0 Å². The molecule has 1 aromatic rings. The third-order valence-corrected chi connectivity index (χ3v) is 2.60. The highest BCUT2D eigenvalue weighted by Gasteiger charge is 2.40. The summed E-state index contributed by atoms with van der Waals surface area (Å²) in [7, 11) is -3.03. The highest BCUT2D eigenvalue weighted by Crippen LogP contribution is 2.43. The molecule has 0 atom stereocenters. The third kappa shape index (κ3) is 3.37. The average Bonchev–Trinajstić information content (AvgIpc) is 2.19. The van der Waals surface area contributed by atoms with Gasteiger partial charge in [-0.2, -0.15) is 26.3 Å².